The van der Waals surface area contributed by atoms with Crippen molar-refractivity contribution in [2.45, 2.75) is 13.0 Å². The van der Waals surface area contributed by atoms with Gasteiger partial charge in [0.15, 0.2) is 11.5 Å². The number of rotatable bonds is 3. The molecule has 0 aliphatic rings. The van der Waals surface area contributed by atoms with Crippen LogP contribution in [0.3, 0.4) is 0 Å². The molecule has 3 N–H and O–H groups in total. The zero-order valence-corrected chi connectivity index (χ0v) is 10.1. The molecule has 0 saturated carbocycles. The van der Waals surface area contributed by atoms with Crippen LogP contribution < -0.4 is 11.1 Å². The van der Waals surface area contributed by atoms with Gasteiger partial charge in [0, 0.05) is 17.3 Å². The van der Waals surface area contributed by atoms with Crippen molar-refractivity contribution in [1.82, 2.24) is 15.3 Å². The summed E-state index contributed by atoms with van der Waals surface area (Å²) in [5.74, 6) is -0.167. The van der Waals surface area contributed by atoms with Crippen LogP contribution in [0.15, 0.2) is 29.9 Å². The smallest absolute Gasteiger partial charge is 0.274 e. The van der Waals surface area contributed by atoms with E-state index in [0.717, 1.165) is 4.88 Å². The third-order valence-corrected chi connectivity index (χ3v) is 3.31. The first-order chi connectivity index (χ1) is 8.18. The van der Waals surface area contributed by atoms with Crippen LogP contribution in [-0.4, -0.2) is 15.9 Å². The van der Waals surface area contributed by atoms with Crippen LogP contribution >= 0.6 is 11.3 Å². The van der Waals surface area contributed by atoms with Crippen LogP contribution in [-0.2, 0) is 0 Å². The second-order valence-corrected chi connectivity index (χ2v) is 4.48. The Hall–Kier alpha value is -1.95. The lowest BCUT2D eigenvalue weighted by atomic mass is 10.2. The van der Waals surface area contributed by atoms with E-state index in [1.807, 2.05) is 24.4 Å². The number of anilines is 1. The van der Waals surface area contributed by atoms with Gasteiger partial charge in [0.25, 0.3) is 5.91 Å². The van der Waals surface area contributed by atoms with Crippen molar-refractivity contribution in [2.75, 3.05) is 5.73 Å². The molecule has 0 bridgehead atoms. The molecule has 0 radical (unpaired) electrons. The SMILES string of the molecule is CC(NC(=O)c1nccnc1N)c1cccs1. The zero-order chi connectivity index (χ0) is 12.3. The van der Waals surface area contributed by atoms with E-state index in [1.165, 1.54) is 12.4 Å². The molecule has 2 rings (SSSR count). The molecule has 2 heterocycles. The number of nitrogens with zero attached hydrogens (tertiary/aromatic N) is 2. The van der Waals surface area contributed by atoms with Gasteiger partial charge >= 0.3 is 0 Å². The lowest BCUT2D eigenvalue weighted by Gasteiger charge is -2.12. The minimum Gasteiger partial charge on any atom is -0.382 e. The van der Waals surface area contributed by atoms with E-state index in [0.29, 0.717) is 0 Å². The van der Waals surface area contributed by atoms with E-state index in [4.69, 9.17) is 5.73 Å². The van der Waals surface area contributed by atoms with Crippen molar-refractivity contribution in [3.8, 4) is 0 Å². The highest BCUT2D eigenvalue weighted by Gasteiger charge is 2.15. The molecular formula is C11H12N4OS. The fourth-order valence-electron chi connectivity index (χ4n) is 1.40. The van der Waals surface area contributed by atoms with Crippen LogP contribution in [0.25, 0.3) is 0 Å². The van der Waals surface area contributed by atoms with Gasteiger partial charge in [-0.05, 0) is 18.4 Å². The van der Waals surface area contributed by atoms with Crippen LogP contribution in [0.5, 0.6) is 0 Å². The van der Waals surface area contributed by atoms with Crippen LogP contribution in [0.1, 0.15) is 28.3 Å². The van der Waals surface area contributed by atoms with E-state index in [9.17, 15) is 4.79 Å². The van der Waals surface area contributed by atoms with Gasteiger partial charge in [0.1, 0.15) is 0 Å². The van der Waals surface area contributed by atoms with Crippen LogP contribution in [0.2, 0.25) is 0 Å². The standard InChI is InChI=1S/C11H12N4OS/c1-7(8-3-2-6-17-8)15-11(16)9-10(12)14-5-4-13-9/h2-7H,1H3,(H2,12,14)(H,15,16). The molecule has 0 aliphatic carbocycles. The summed E-state index contributed by atoms with van der Waals surface area (Å²) in [6.07, 6.45) is 2.90. The van der Waals surface area contributed by atoms with Gasteiger partial charge in [-0.15, -0.1) is 11.3 Å². The quantitative estimate of drug-likeness (QED) is 0.864. The molecule has 0 aromatic carbocycles. The first kappa shape index (κ1) is 11.5. The van der Waals surface area contributed by atoms with Crippen molar-refractivity contribution in [1.29, 1.82) is 0 Å². The summed E-state index contributed by atoms with van der Waals surface area (Å²) in [6.45, 7) is 1.91. The molecule has 0 spiro atoms. The summed E-state index contributed by atoms with van der Waals surface area (Å²) < 4.78 is 0. The average molecular weight is 248 g/mol. The van der Waals surface area contributed by atoms with Gasteiger partial charge in [0.05, 0.1) is 6.04 Å². The largest absolute Gasteiger partial charge is 0.382 e. The number of thiophene rings is 1. The topological polar surface area (TPSA) is 80.9 Å². The van der Waals surface area contributed by atoms with E-state index in [-0.39, 0.29) is 23.5 Å². The molecule has 5 nitrogen and oxygen atoms in total. The van der Waals surface area contributed by atoms with Crippen molar-refractivity contribution in [3.05, 3.63) is 40.5 Å². The third-order valence-electron chi connectivity index (χ3n) is 2.26. The molecule has 17 heavy (non-hydrogen) atoms. The van der Waals surface area contributed by atoms with E-state index < -0.39 is 0 Å². The summed E-state index contributed by atoms with van der Waals surface area (Å²) >= 11 is 1.59. The van der Waals surface area contributed by atoms with Gasteiger partial charge in [-0.1, -0.05) is 6.07 Å². The normalized spacial score (nSPS) is 12.1. The number of nitrogens with two attached hydrogens (primary N) is 1. The van der Waals surface area contributed by atoms with E-state index in [2.05, 4.69) is 15.3 Å². The predicted molar refractivity (Wildman–Crippen MR) is 66.6 cm³/mol. The summed E-state index contributed by atoms with van der Waals surface area (Å²) in [5, 5.41) is 4.80. The molecule has 1 atom stereocenters. The van der Waals surface area contributed by atoms with Gasteiger partial charge < -0.3 is 11.1 Å². The maximum absolute atomic E-state index is 11.9. The summed E-state index contributed by atoms with van der Waals surface area (Å²) in [7, 11) is 0. The van der Waals surface area contributed by atoms with Crippen molar-refractivity contribution < 1.29 is 4.79 Å². The first-order valence-electron chi connectivity index (χ1n) is 5.09. The maximum atomic E-state index is 11.9. The highest BCUT2D eigenvalue weighted by molar-refractivity contribution is 7.10. The number of amides is 1. The van der Waals surface area contributed by atoms with Crippen LogP contribution in [0.4, 0.5) is 5.82 Å². The fraction of sp³-hybridized carbons (Fsp3) is 0.182. The molecule has 6 heteroatoms. The molecule has 2 aromatic rings. The third kappa shape index (κ3) is 2.59. The Kier molecular flexibility index (Phi) is 3.34. The molecule has 1 unspecified atom stereocenters. The minimum atomic E-state index is -0.309. The molecule has 2 aromatic heterocycles. The molecule has 1 amide bonds. The molecule has 0 saturated heterocycles. The summed E-state index contributed by atoms with van der Waals surface area (Å²) in [6, 6.07) is 3.85. The molecule has 0 aliphatic heterocycles. The van der Waals surface area contributed by atoms with Crippen LogP contribution in [0, 0.1) is 0 Å². The summed E-state index contributed by atoms with van der Waals surface area (Å²) in [4.78, 5) is 20.7. The minimum absolute atomic E-state index is 0.0658. The number of aromatic nitrogens is 2. The second-order valence-electron chi connectivity index (χ2n) is 3.50. The lowest BCUT2D eigenvalue weighted by molar-refractivity contribution is 0.0936. The number of nitrogen functional groups attached to an aromatic ring is 1. The van der Waals surface area contributed by atoms with Gasteiger partial charge in [-0.3, -0.25) is 4.79 Å². The Labute approximate surface area is 103 Å². The van der Waals surface area contributed by atoms with Crippen molar-refractivity contribution >= 4 is 23.1 Å². The van der Waals surface area contributed by atoms with Gasteiger partial charge in [-0.25, -0.2) is 9.97 Å². The number of carbonyl (C=O) groups excluding carboxylic acids is 1. The van der Waals surface area contributed by atoms with Crippen molar-refractivity contribution in [2.24, 2.45) is 0 Å². The Balaban J connectivity index is 2.10. The maximum Gasteiger partial charge on any atom is 0.274 e. The molecular weight excluding hydrogens is 236 g/mol. The molecule has 88 valence electrons. The number of hydrogen-bond acceptors (Lipinski definition) is 5. The highest BCUT2D eigenvalue weighted by atomic mass is 32.1. The molecule has 0 fully saturated rings. The van der Waals surface area contributed by atoms with E-state index in [1.54, 1.807) is 11.3 Å². The van der Waals surface area contributed by atoms with Gasteiger partial charge in [0.2, 0.25) is 0 Å². The Morgan fingerprint density at radius 3 is 2.88 bits per heavy atom. The summed E-state index contributed by atoms with van der Waals surface area (Å²) in [5.41, 5.74) is 5.75. The van der Waals surface area contributed by atoms with E-state index >= 15 is 0 Å². The Morgan fingerprint density at radius 1 is 1.47 bits per heavy atom. The predicted octanol–water partition coefficient (Wildman–Crippen LogP) is 1.61. The Bertz CT molecular complexity index is 512. The second kappa shape index (κ2) is 4.92. The first-order valence-corrected chi connectivity index (χ1v) is 5.97. The highest BCUT2D eigenvalue weighted by Crippen LogP contribution is 2.18. The lowest BCUT2D eigenvalue weighted by Crippen LogP contribution is -2.28. The van der Waals surface area contributed by atoms with Crippen molar-refractivity contribution in [3.63, 3.8) is 0 Å². The zero-order valence-electron chi connectivity index (χ0n) is 9.25. The average Bonchev–Trinajstić information content (AvgIpc) is 2.82. The monoisotopic (exact) mass is 248 g/mol. The number of hydrogen-bond donors (Lipinski definition) is 2. The number of carbonyl (C=O) groups is 1. The fourth-order valence-corrected chi connectivity index (χ4v) is 2.13. The Morgan fingerprint density at radius 2 is 2.24 bits per heavy atom. The number of nitrogens with one attached hydrogen (secondary N) is 1. The van der Waals surface area contributed by atoms with Gasteiger partial charge in [-0.2, -0.15) is 0 Å².